The van der Waals surface area contributed by atoms with Gasteiger partial charge in [0.25, 0.3) is 5.91 Å². The van der Waals surface area contributed by atoms with Crippen LogP contribution in [0.3, 0.4) is 0 Å². The molecule has 0 aliphatic carbocycles. The second kappa shape index (κ2) is 8.99. The van der Waals surface area contributed by atoms with Gasteiger partial charge >= 0.3 is 5.97 Å². The number of carbonyl (C=O) groups is 2. The van der Waals surface area contributed by atoms with Gasteiger partial charge in [-0.1, -0.05) is 18.2 Å². The monoisotopic (exact) mass is 359 g/mol. The molecule has 0 aromatic heterocycles. The first-order valence-corrected chi connectivity index (χ1v) is 8.28. The van der Waals surface area contributed by atoms with Crippen LogP contribution in [0.25, 0.3) is 0 Å². The Morgan fingerprint density at radius 1 is 1.15 bits per heavy atom. The van der Waals surface area contributed by atoms with E-state index in [2.05, 4.69) is 5.32 Å². The van der Waals surface area contributed by atoms with Crippen molar-refractivity contribution in [2.45, 2.75) is 26.4 Å². The van der Waals surface area contributed by atoms with Crippen LogP contribution < -0.4 is 10.1 Å². The fourth-order valence-electron chi connectivity index (χ4n) is 2.27. The van der Waals surface area contributed by atoms with E-state index < -0.39 is 23.8 Å². The SMILES string of the molecule is COc1ccc(CCNC(=O)[C@H](C)OC(=O)c2ccc(C)c(F)c2)cc1. The Hall–Kier alpha value is -2.89. The Labute approximate surface area is 152 Å². The van der Waals surface area contributed by atoms with Crippen LogP contribution in [-0.2, 0) is 16.0 Å². The number of esters is 1. The molecule has 2 aromatic rings. The molecule has 0 saturated heterocycles. The summed E-state index contributed by atoms with van der Waals surface area (Å²) in [4.78, 5) is 24.0. The van der Waals surface area contributed by atoms with Crippen LogP contribution in [0, 0.1) is 12.7 Å². The molecule has 0 saturated carbocycles. The molecule has 6 heteroatoms. The van der Waals surface area contributed by atoms with Crippen molar-refractivity contribution in [3.05, 3.63) is 65.0 Å². The van der Waals surface area contributed by atoms with Crippen molar-refractivity contribution in [2.24, 2.45) is 0 Å². The predicted octanol–water partition coefficient (Wildman–Crippen LogP) is 3.05. The number of benzene rings is 2. The topological polar surface area (TPSA) is 64.6 Å². The summed E-state index contributed by atoms with van der Waals surface area (Å²) < 4.78 is 23.7. The second-order valence-corrected chi connectivity index (χ2v) is 5.90. The Morgan fingerprint density at radius 3 is 2.46 bits per heavy atom. The number of hydrogen-bond donors (Lipinski definition) is 1. The first-order chi connectivity index (χ1) is 12.4. The molecule has 2 rings (SSSR count). The summed E-state index contributed by atoms with van der Waals surface area (Å²) in [7, 11) is 1.60. The zero-order chi connectivity index (χ0) is 19.1. The standard InChI is InChI=1S/C20H22FNO4/c1-13-4-7-16(12-18(13)21)20(24)26-14(2)19(23)22-11-10-15-5-8-17(25-3)9-6-15/h4-9,12,14H,10-11H2,1-3H3,(H,22,23)/t14-/m0/s1. The highest BCUT2D eigenvalue weighted by Crippen LogP contribution is 2.12. The molecule has 1 atom stereocenters. The zero-order valence-corrected chi connectivity index (χ0v) is 15.0. The normalized spacial score (nSPS) is 11.5. The number of nitrogens with one attached hydrogen (secondary N) is 1. The van der Waals surface area contributed by atoms with E-state index in [0.717, 1.165) is 17.4 Å². The summed E-state index contributed by atoms with van der Waals surface area (Å²) in [5.41, 5.74) is 1.56. The van der Waals surface area contributed by atoms with Crippen LogP contribution in [-0.4, -0.2) is 31.6 Å². The van der Waals surface area contributed by atoms with Gasteiger partial charge in [-0.25, -0.2) is 9.18 Å². The number of ether oxygens (including phenoxy) is 2. The molecule has 0 heterocycles. The third-order valence-corrected chi connectivity index (χ3v) is 3.93. The largest absolute Gasteiger partial charge is 0.497 e. The quantitative estimate of drug-likeness (QED) is 0.772. The van der Waals surface area contributed by atoms with E-state index in [1.165, 1.54) is 19.1 Å². The lowest BCUT2D eigenvalue weighted by atomic mass is 10.1. The minimum absolute atomic E-state index is 0.0750. The lowest BCUT2D eigenvalue weighted by molar-refractivity contribution is -0.129. The minimum atomic E-state index is -0.970. The van der Waals surface area contributed by atoms with Crippen molar-refractivity contribution in [1.29, 1.82) is 0 Å². The van der Waals surface area contributed by atoms with E-state index in [1.54, 1.807) is 14.0 Å². The average Bonchev–Trinajstić information content (AvgIpc) is 2.64. The number of carbonyl (C=O) groups excluding carboxylic acids is 2. The van der Waals surface area contributed by atoms with Gasteiger partial charge in [0.2, 0.25) is 0 Å². The van der Waals surface area contributed by atoms with Gasteiger partial charge in [-0.2, -0.15) is 0 Å². The van der Waals surface area contributed by atoms with Gasteiger partial charge in [-0.05, 0) is 55.7 Å². The molecule has 1 N–H and O–H groups in total. The minimum Gasteiger partial charge on any atom is -0.497 e. The molecular formula is C20H22FNO4. The Kier molecular flexibility index (Phi) is 6.72. The van der Waals surface area contributed by atoms with Crippen molar-refractivity contribution < 1.29 is 23.5 Å². The predicted molar refractivity (Wildman–Crippen MR) is 95.7 cm³/mol. The molecule has 0 aliphatic heterocycles. The maximum atomic E-state index is 13.5. The lowest BCUT2D eigenvalue weighted by Gasteiger charge is -2.14. The van der Waals surface area contributed by atoms with Crippen LogP contribution in [0.5, 0.6) is 5.75 Å². The summed E-state index contributed by atoms with van der Waals surface area (Å²) in [5.74, 6) is -0.858. The Bertz CT molecular complexity index is 774. The molecule has 0 spiro atoms. The maximum Gasteiger partial charge on any atom is 0.339 e. The molecule has 0 bridgehead atoms. The fourth-order valence-corrected chi connectivity index (χ4v) is 2.27. The summed E-state index contributed by atoms with van der Waals surface area (Å²) >= 11 is 0. The second-order valence-electron chi connectivity index (χ2n) is 5.90. The van der Waals surface area contributed by atoms with Crippen LogP contribution in [0.4, 0.5) is 4.39 Å². The molecule has 5 nitrogen and oxygen atoms in total. The van der Waals surface area contributed by atoms with E-state index in [9.17, 15) is 14.0 Å². The van der Waals surface area contributed by atoms with E-state index in [1.807, 2.05) is 24.3 Å². The third-order valence-electron chi connectivity index (χ3n) is 3.93. The number of amides is 1. The highest BCUT2D eigenvalue weighted by molar-refractivity contribution is 5.92. The number of rotatable bonds is 7. The first-order valence-electron chi connectivity index (χ1n) is 8.28. The molecule has 2 aromatic carbocycles. The van der Waals surface area contributed by atoms with Crippen LogP contribution in [0.1, 0.15) is 28.4 Å². The Morgan fingerprint density at radius 2 is 1.85 bits per heavy atom. The zero-order valence-electron chi connectivity index (χ0n) is 15.0. The number of methoxy groups -OCH3 is 1. The molecule has 0 fully saturated rings. The van der Waals surface area contributed by atoms with Gasteiger partial charge < -0.3 is 14.8 Å². The highest BCUT2D eigenvalue weighted by Gasteiger charge is 2.19. The smallest absolute Gasteiger partial charge is 0.339 e. The van der Waals surface area contributed by atoms with Gasteiger partial charge in [0.05, 0.1) is 12.7 Å². The van der Waals surface area contributed by atoms with Crippen LogP contribution >= 0.6 is 0 Å². The van der Waals surface area contributed by atoms with E-state index in [0.29, 0.717) is 18.5 Å². The van der Waals surface area contributed by atoms with Gasteiger partial charge in [0.15, 0.2) is 6.10 Å². The van der Waals surface area contributed by atoms with E-state index in [4.69, 9.17) is 9.47 Å². The molecular weight excluding hydrogens is 337 g/mol. The molecule has 0 unspecified atom stereocenters. The van der Waals surface area contributed by atoms with Gasteiger partial charge in [-0.3, -0.25) is 4.79 Å². The summed E-state index contributed by atoms with van der Waals surface area (Å²) in [6.45, 7) is 3.49. The van der Waals surface area contributed by atoms with Crippen molar-refractivity contribution in [3.63, 3.8) is 0 Å². The molecule has 0 radical (unpaired) electrons. The first kappa shape index (κ1) is 19.4. The summed E-state index contributed by atoms with van der Waals surface area (Å²) in [6.07, 6.45) is -0.331. The maximum absolute atomic E-state index is 13.5. The summed E-state index contributed by atoms with van der Waals surface area (Å²) in [6, 6.07) is 11.6. The number of halogens is 1. The van der Waals surface area contributed by atoms with Crippen molar-refractivity contribution in [3.8, 4) is 5.75 Å². The third kappa shape index (κ3) is 5.31. The van der Waals surface area contributed by atoms with Crippen molar-refractivity contribution >= 4 is 11.9 Å². The van der Waals surface area contributed by atoms with Crippen molar-refractivity contribution in [2.75, 3.05) is 13.7 Å². The molecule has 0 aliphatic rings. The number of hydrogen-bond acceptors (Lipinski definition) is 4. The Balaban J connectivity index is 1.80. The van der Waals surface area contributed by atoms with Gasteiger partial charge in [0.1, 0.15) is 11.6 Å². The van der Waals surface area contributed by atoms with Gasteiger partial charge in [0, 0.05) is 6.54 Å². The van der Waals surface area contributed by atoms with Crippen LogP contribution in [0.2, 0.25) is 0 Å². The lowest BCUT2D eigenvalue weighted by Crippen LogP contribution is -2.36. The highest BCUT2D eigenvalue weighted by atomic mass is 19.1. The average molecular weight is 359 g/mol. The summed E-state index contributed by atoms with van der Waals surface area (Å²) in [5, 5.41) is 2.72. The van der Waals surface area contributed by atoms with Gasteiger partial charge in [-0.15, -0.1) is 0 Å². The fraction of sp³-hybridized carbons (Fsp3) is 0.300. The molecule has 26 heavy (non-hydrogen) atoms. The molecule has 138 valence electrons. The number of aryl methyl sites for hydroxylation is 1. The van der Waals surface area contributed by atoms with Crippen molar-refractivity contribution in [1.82, 2.24) is 5.32 Å². The van der Waals surface area contributed by atoms with E-state index in [-0.39, 0.29) is 5.56 Å². The van der Waals surface area contributed by atoms with Crippen LogP contribution in [0.15, 0.2) is 42.5 Å². The molecule has 1 amide bonds. The van der Waals surface area contributed by atoms with E-state index >= 15 is 0 Å².